The van der Waals surface area contributed by atoms with Gasteiger partial charge in [0, 0.05) is 36.8 Å². The van der Waals surface area contributed by atoms with Crippen LogP contribution in [0.5, 0.6) is 11.8 Å². The number of hydrogen-bond acceptors (Lipinski definition) is 7. The van der Waals surface area contributed by atoms with Crippen molar-refractivity contribution in [2.45, 2.75) is 12.6 Å². The Morgan fingerprint density at radius 2 is 2.09 bits per heavy atom. The van der Waals surface area contributed by atoms with Gasteiger partial charge in [-0.05, 0) is 13.1 Å². The molecule has 2 aromatic rings. The van der Waals surface area contributed by atoms with Crippen LogP contribution < -0.4 is 9.47 Å². The Bertz CT molecular complexity index is 666. The van der Waals surface area contributed by atoms with Crippen molar-refractivity contribution in [1.82, 2.24) is 19.9 Å². The first kappa shape index (κ1) is 16.6. The molecule has 2 heterocycles. The first-order valence-corrected chi connectivity index (χ1v) is 6.83. The summed E-state index contributed by atoms with van der Waals surface area (Å²) in [7, 11) is 4.61. The monoisotopic (exact) mass is 318 g/mol. The number of carboxylic acid groups (broad SMARTS) is 1. The number of pyridine rings is 1. The SMILES string of the molecule is COc1ccc(C(C(=O)O)N(C)Cc2cnccn2)c(OC)n1. The lowest BCUT2D eigenvalue weighted by atomic mass is 10.1. The minimum absolute atomic E-state index is 0.211. The zero-order valence-electron chi connectivity index (χ0n) is 13.1. The van der Waals surface area contributed by atoms with Crippen LogP contribution in [0.2, 0.25) is 0 Å². The molecule has 2 aromatic heterocycles. The molecule has 23 heavy (non-hydrogen) atoms. The van der Waals surface area contributed by atoms with Gasteiger partial charge in [0.25, 0.3) is 0 Å². The Morgan fingerprint density at radius 1 is 1.30 bits per heavy atom. The van der Waals surface area contributed by atoms with Crippen LogP contribution in [0.25, 0.3) is 0 Å². The van der Waals surface area contributed by atoms with Gasteiger partial charge in [-0.2, -0.15) is 4.98 Å². The van der Waals surface area contributed by atoms with Gasteiger partial charge in [-0.1, -0.05) is 0 Å². The van der Waals surface area contributed by atoms with Crippen molar-refractivity contribution in [3.05, 3.63) is 42.0 Å². The average molecular weight is 318 g/mol. The van der Waals surface area contributed by atoms with E-state index in [4.69, 9.17) is 9.47 Å². The molecule has 8 heteroatoms. The summed E-state index contributed by atoms with van der Waals surface area (Å²) in [5.74, 6) is -0.448. The highest BCUT2D eigenvalue weighted by atomic mass is 16.5. The Morgan fingerprint density at radius 3 is 2.65 bits per heavy atom. The number of carbonyl (C=O) groups is 1. The number of methoxy groups -OCH3 is 2. The maximum Gasteiger partial charge on any atom is 0.325 e. The summed E-state index contributed by atoms with van der Waals surface area (Å²) in [6, 6.07) is 2.30. The zero-order chi connectivity index (χ0) is 16.8. The standard InChI is InChI=1S/C15H18N4O4/c1-19(9-10-8-16-6-7-17-10)13(15(20)21)11-4-5-12(22-2)18-14(11)23-3/h4-8,13H,9H2,1-3H3,(H,20,21). The van der Waals surface area contributed by atoms with Gasteiger partial charge in [-0.25, -0.2) is 0 Å². The summed E-state index contributed by atoms with van der Waals surface area (Å²) in [6.07, 6.45) is 4.72. The Hall–Kier alpha value is -2.74. The third-order valence-electron chi connectivity index (χ3n) is 3.26. The molecule has 0 aliphatic carbocycles. The van der Waals surface area contributed by atoms with Gasteiger partial charge >= 0.3 is 5.97 Å². The van der Waals surface area contributed by atoms with Crippen molar-refractivity contribution in [2.24, 2.45) is 0 Å². The number of hydrogen-bond donors (Lipinski definition) is 1. The second kappa shape index (κ2) is 7.50. The summed E-state index contributed by atoms with van der Waals surface area (Å²) < 4.78 is 10.2. The van der Waals surface area contributed by atoms with Gasteiger partial charge < -0.3 is 14.6 Å². The average Bonchev–Trinajstić information content (AvgIpc) is 2.55. The van der Waals surface area contributed by atoms with Gasteiger partial charge in [-0.3, -0.25) is 19.7 Å². The summed E-state index contributed by atoms with van der Waals surface area (Å²) in [5.41, 5.74) is 1.11. The van der Waals surface area contributed by atoms with E-state index in [1.54, 1.807) is 42.7 Å². The smallest absolute Gasteiger partial charge is 0.325 e. The van der Waals surface area contributed by atoms with Crippen LogP contribution in [0.4, 0.5) is 0 Å². The van der Waals surface area contributed by atoms with Crippen molar-refractivity contribution in [2.75, 3.05) is 21.3 Å². The topological polar surface area (TPSA) is 97.7 Å². The van der Waals surface area contributed by atoms with E-state index < -0.39 is 12.0 Å². The molecule has 0 saturated carbocycles. The van der Waals surface area contributed by atoms with Crippen molar-refractivity contribution in [3.8, 4) is 11.8 Å². The van der Waals surface area contributed by atoms with Crippen LogP contribution in [-0.2, 0) is 11.3 Å². The van der Waals surface area contributed by atoms with Gasteiger partial charge in [0.2, 0.25) is 11.8 Å². The van der Waals surface area contributed by atoms with E-state index in [1.165, 1.54) is 14.2 Å². The lowest BCUT2D eigenvalue weighted by Gasteiger charge is -2.25. The highest BCUT2D eigenvalue weighted by Crippen LogP contribution is 2.30. The summed E-state index contributed by atoms with van der Waals surface area (Å²) in [4.78, 5) is 25.7. The minimum atomic E-state index is -1.01. The normalized spacial score (nSPS) is 12.0. The maximum atomic E-state index is 11.8. The fraction of sp³-hybridized carbons (Fsp3) is 0.333. The molecule has 0 aromatic carbocycles. The number of rotatable bonds is 7. The first-order chi connectivity index (χ1) is 11.1. The lowest BCUT2D eigenvalue weighted by Crippen LogP contribution is -2.31. The second-order valence-corrected chi connectivity index (χ2v) is 4.80. The van der Waals surface area contributed by atoms with Crippen LogP contribution in [0, 0.1) is 0 Å². The molecule has 1 atom stereocenters. The fourth-order valence-electron chi connectivity index (χ4n) is 2.24. The van der Waals surface area contributed by atoms with E-state index in [9.17, 15) is 9.90 Å². The minimum Gasteiger partial charge on any atom is -0.481 e. The van der Waals surface area contributed by atoms with Gasteiger partial charge in [0.05, 0.1) is 19.9 Å². The molecule has 8 nitrogen and oxygen atoms in total. The highest BCUT2D eigenvalue weighted by Gasteiger charge is 2.29. The number of aromatic nitrogens is 3. The zero-order valence-corrected chi connectivity index (χ0v) is 13.1. The molecule has 0 amide bonds. The summed E-state index contributed by atoms with van der Waals surface area (Å²) in [6.45, 7) is 0.319. The van der Waals surface area contributed by atoms with Crippen LogP contribution in [0.15, 0.2) is 30.7 Å². The molecule has 2 rings (SSSR count). The van der Waals surface area contributed by atoms with E-state index >= 15 is 0 Å². The van der Waals surface area contributed by atoms with Gasteiger partial charge in [0.1, 0.15) is 6.04 Å². The van der Waals surface area contributed by atoms with Crippen LogP contribution in [0.1, 0.15) is 17.3 Å². The molecule has 1 unspecified atom stereocenters. The number of ether oxygens (including phenoxy) is 2. The Kier molecular flexibility index (Phi) is 5.42. The van der Waals surface area contributed by atoms with Crippen molar-refractivity contribution in [1.29, 1.82) is 0 Å². The molecule has 0 spiro atoms. The van der Waals surface area contributed by atoms with Crippen molar-refractivity contribution >= 4 is 5.97 Å². The summed E-state index contributed by atoms with van der Waals surface area (Å²) in [5, 5.41) is 9.63. The predicted octanol–water partition coefficient (Wildman–Crippen LogP) is 1.15. The molecular formula is C15H18N4O4. The molecule has 122 valence electrons. The molecule has 0 aliphatic rings. The molecule has 0 aliphatic heterocycles. The predicted molar refractivity (Wildman–Crippen MR) is 81.2 cm³/mol. The lowest BCUT2D eigenvalue weighted by molar-refractivity contribution is -0.143. The molecule has 0 fully saturated rings. The third-order valence-corrected chi connectivity index (χ3v) is 3.26. The van der Waals surface area contributed by atoms with Gasteiger partial charge in [0.15, 0.2) is 0 Å². The Labute approximate surface area is 133 Å². The van der Waals surface area contributed by atoms with Crippen LogP contribution in [-0.4, -0.2) is 52.2 Å². The summed E-state index contributed by atoms with van der Waals surface area (Å²) >= 11 is 0. The van der Waals surface area contributed by atoms with Crippen LogP contribution >= 0.6 is 0 Å². The molecule has 0 bridgehead atoms. The Balaban J connectivity index is 2.33. The van der Waals surface area contributed by atoms with Crippen LogP contribution in [0.3, 0.4) is 0 Å². The van der Waals surface area contributed by atoms with E-state index in [-0.39, 0.29) is 5.88 Å². The van der Waals surface area contributed by atoms with Crippen molar-refractivity contribution < 1.29 is 19.4 Å². The fourth-order valence-corrected chi connectivity index (χ4v) is 2.24. The third kappa shape index (κ3) is 3.92. The molecular weight excluding hydrogens is 300 g/mol. The quantitative estimate of drug-likeness (QED) is 0.812. The van der Waals surface area contributed by atoms with E-state index in [2.05, 4.69) is 15.0 Å². The van der Waals surface area contributed by atoms with Crippen molar-refractivity contribution in [3.63, 3.8) is 0 Å². The first-order valence-electron chi connectivity index (χ1n) is 6.83. The van der Waals surface area contributed by atoms with E-state index in [0.29, 0.717) is 23.7 Å². The van der Waals surface area contributed by atoms with E-state index in [0.717, 1.165) is 0 Å². The molecule has 0 radical (unpaired) electrons. The van der Waals surface area contributed by atoms with Gasteiger partial charge in [-0.15, -0.1) is 0 Å². The number of carboxylic acids is 1. The molecule has 1 N–H and O–H groups in total. The molecule has 0 saturated heterocycles. The number of aliphatic carboxylic acids is 1. The second-order valence-electron chi connectivity index (χ2n) is 4.80. The largest absolute Gasteiger partial charge is 0.481 e. The highest BCUT2D eigenvalue weighted by molar-refractivity contribution is 5.76. The number of nitrogens with zero attached hydrogens (tertiary/aromatic N) is 4. The van der Waals surface area contributed by atoms with E-state index in [1.807, 2.05) is 0 Å². The number of likely N-dealkylation sites (N-methyl/N-ethyl adjacent to an activating group) is 1. The maximum absolute atomic E-state index is 11.8.